The van der Waals surface area contributed by atoms with Crippen molar-refractivity contribution in [1.82, 2.24) is 0 Å². The molecule has 4 heteroatoms. The average Bonchev–Trinajstić information content (AvgIpc) is 2.72. The van der Waals surface area contributed by atoms with Crippen LogP contribution in [-0.2, 0) is 37.1 Å². The van der Waals surface area contributed by atoms with Crippen LogP contribution in [0.15, 0.2) is 91.0 Å². The largest absolute Gasteiger partial charge is 0.413 e. The average molecular weight is 511 g/mol. The quantitative estimate of drug-likeness (QED) is 0.280. The number of rotatable bonds is 7. The van der Waals surface area contributed by atoms with Crippen molar-refractivity contribution >= 4 is 31.5 Å². The normalized spacial score (nSPS) is 12.3. The first-order valence-corrected chi connectivity index (χ1v) is 15.3. The number of hydrogen-bond acceptors (Lipinski definition) is 1. The van der Waals surface area contributed by atoms with E-state index in [1.165, 1.54) is 15.9 Å². The van der Waals surface area contributed by atoms with Crippen molar-refractivity contribution in [3.63, 3.8) is 0 Å². The van der Waals surface area contributed by atoms with Crippen LogP contribution < -0.4 is 15.9 Å². The zero-order chi connectivity index (χ0) is 21.0. The fourth-order valence-corrected chi connectivity index (χ4v) is 8.83. The minimum Gasteiger partial charge on any atom is -0.413 e. The van der Waals surface area contributed by atoms with Crippen LogP contribution in [0.2, 0.25) is 18.1 Å². The molecule has 3 aromatic carbocycles. The molecule has 0 fully saturated rings. The molecule has 0 aliphatic rings. The molecule has 0 bridgehead atoms. The maximum absolute atomic E-state index is 6.68. The van der Waals surface area contributed by atoms with Crippen LogP contribution in [0.4, 0.5) is 0 Å². The van der Waals surface area contributed by atoms with Crippen LogP contribution in [0, 0.1) is 0 Å². The Labute approximate surface area is 210 Å². The standard InChI is InChI=1S/C26H34OPSi.Y/c1-26(2,3)29(4,5)27-21-22-28(23-15-9-6-10-16-23,24-17-11-7-12-18-24)25-19-13-8-14-20-25;/h6-20H,21-22H2,1-5H3;/q+1;. The summed E-state index contributed by atoms with van der Waals surface area (Å²) in [5.74, 6) is 0. The van der Waals surface area contributed by atoms with Crippen molar-refractivity contribution in [2.75, 3.05) is 12.8 Å². The fourth-order valence-electron chi connectivity index (χ4n) is 3.54. The van der Waals surface area contributed by atoms with Crippen LogP contribution >= 0.6 is 7.26 Å². The van der Waals surface area contributed by atoms with E-state index in [1.54, 1.807) is 0 Å². The topological polar surface area (TPSA) is 9.23 Å². The van der Waals surface area contributed by atoms with Crippen molar-refractivity contribution in [1.29, 1.82) is 0 Å². The van der Waals surface area contributed by atoms with Crippen LogP contribution in [-0.4, -0.2) is 21.1 Å². The van der Waals surface area contributed by atoms with Gasteiger partial charge in [0.25, 0.3) is 0 Å². The molecule has 3 rings (SSSR count). The van der Waals surface area contributed by atoms with Crippen LogP contribution in [0.3, 0.4) is 0 Å². The van der Waals surface area contributed by atoms with Crippen LogP contribution in [0.25, 0.3) is 0 Å². The Bertz CT molecular complexity index is 796. The molecule has 30 heavy (non-hydrogen) atoms. The van der Waals surface area contributed by atoms with E-state index < -0.39 is 15.6 Å². The van der Waals surface area contributed by atoms with Gasteiger partial charge in [0.15, 0.2) is 8.32 Å². The molecule has 0 spiro atoms. The van der Waals surface area contributed by atoms with E-state index in [0.29, 0.717) is 0 Å². The molecule has 0 amide bonds. The molecule has 0 aromatic heterocycles. The zero-order valence-corrected chi connectivity index (χ0v) is 23.7. The summed E-state index contributed by atoms with van der Waals surface area (Å²) in [7, 11) is -3.58. The van der Waals surface area contributed by atoms with Crippen molar-refractivity contribution in [2.24, 2.45) is 0 Å². The number of hydrogen-bond donors (Lipinski definition) is 0. The van der Waals surface area contributed by atoms with E-state index in [1.807, 2.05) is 0 Å². The first-order chi connectivity index (χ1) is 13.8. The molecule has 0 saturated carbocycles. The van der Waals surface area contributed by atoms with E-state index in [0.717, 1.165) is 12.8 Å². The van der Waals surface area contributed by atoms with Gasteiger partial charge in [0.2, 0.25) is 0 Å². The van der Waals surface area contributed by atoms with Crippen molar-refractivity contribution in [3.8, 4) is 0 Å². The molecule has 1 radical (unpaired) electrons. The molecule has 0 unspecified atom stereocenters. The Kier molecular flexibility index (Phi) is 9.22. The number of benzene rings is 3. The molecule has 3 aromatic rings. The molecule has 155 valence electrons. The summed E-state index contributed by atoms with van der Waals surface area (Å²) in [5.41, 5.74) is 0. The summed E-state index contributed by atoms with van der Waals surface area (Å²) in [5, 5.41) is 4.50. The molecule has 0 heterocycles. The van der Waals surface area contributed by atoms with E-state index in [4.69, 9.17) is 4.43 Å². The first-order valence-electron chi connectivity index (χ1n) is 10.5. The minimum atomic E-state index is -1.79. The molecule has 1 nitrogen and oxygen atoms in total. The molecule has 0 N–H and O–H groups in total. The zero-order valence-electron chi connectivity index (χ0n) is 19.0. The predicted molar refractivity (Wildman–Crippen MR) is 133 cm³/mol. The molecule has 0 atom stereocenters. The van der Waals surface area contributed by atoms with Crippen LogP contribution in [0.5, 0.6) is 0 Å². The van der Waals surface area contributed by atoms with Gasteiger partial charge < -0.3 is 4.43 Å². The second-order valence-corrected chi connectivity index (χ2v) is 17.6. The third-order valence-corrected chi connectivity index (χ3v) is 15.2. The van der Waals surface area contributed by atoms with E-state index >= 15 is 0 Å². The van der Waals surface area contributed by atoms with Crippen molar-refractivity contribution in [3.05, 3.63) is 91.0 Å². The monoisotopic (exact) mass is 510 g/mol. The van der Waals surface area contributed by atoms with Crippen molar-refractivity contribution in [2.45, 2.75) is 38.9 Å². The summed E-state index contributed by atoms with van der Waals surface area (Å²) in [6, 6.07) is 33.2. The molecule has 0 aliphatic carbocycles. The van der Waals surface area contributed by atoms with Gasteiger partial charge in [-0.2, -0.15) is 0 Å². The third-order valence-electron chi connectivity index (χ3n) is 6.29. The van der Waals surface area contributed by atoms with Gasteiger partial charge in [-0.1, -0.05) is 75.4 Å². The van der Waals surface area contributed by atoms with Crippen LogP contribution in [0.1, 0.15) is 20.8 Å². The smallest absolute Gasteiger partial charge is 0.192 e. The maximum atomic E-state index is 6.68. The molecule has 0 aliphatic heterocycles. The summed E-state index contributed by atoms with van der Waals surface area (Å²) in [6.07, 6.45) is 1.03. The van der Waals surface area contributed by atoms with Gasteiger partial charge in [-0.25, -0.2) is 0 Å². The second kappa shape index (κ2) is 10.8. The maximum Gasteiger partial charge on any atom is 0.192 e. The summed E-state index contributed by atoms with van der Waals surface area (Å²) in [4.78, 5) is 0. The first kappa shape index (κ1) is 25.6. The molecule has 0 saturated heterocycles. The fraction of sp³-hybridized carbons (Fsp3) is 0.308. The Morgan fingerprint density at radius 3 is 1.30 bits per heavy atom. The minimum absolute atomic E-state index is 0. The Morgan fingerprint density at radius 2 is 1.00 bits per heavy atom. The van der Waals surface area contributed by atoms with E-state index in [-0.39, 0.29) is 37.7 Å². The van der Waals surface area contributed by atoms with Gasteiger partial charge in [0.05, 0.1) is 12.8 Å². The van der Waals surface area contributed by atoms with Gasteiger partial charge in [-0.15, -0.1) is 0 Å². The Morgan fingerprint density at radius 1 is 0.667 bits per heavy atom. The van der Waals surface area contributed by atoms with Crippen molar-refractivity contribution < 1.29 is 37.1 Å². The van der Waals surface area contributed by atoms with E-state index in [2.05, 4.69) is 125 Å². The summed E-state index contributed by atoms with van der Waals surface area (Å²) in [6.45, 7) is 12.4. The Hall–Kier alpha value is -0.629. The van der Waals surface area contributed by atoms with Gasteiger partial charge >= 0.3 is 0 Å². The SMILES string of the molecule is CC(C)(C)[Si](C)(C)OCC[P+](c1ccccc1)(c1ccccc1)c1ccccc1.[Y]. The third kappa shape index (κ3) is 5.59. The van der Waals surface area contributed by atoms with E-state index in [9.17, 15) is 0 Å². The second-order valence-electron chi connectivity index (χ2n) is 9.15. The molecular formula is C26H34OPSiY+. The van der Waals surface area contributed by atoms with Gasteiger partial charge in [-0.05, 0) is 54.5 Å². The summed E-state index contributed by atoms with van der Waals surface area (Å²) < 4.78 is 6.68. The van der Waals surface area contributed by atoms with Gasteiger partial charge in [0, 0.05) is 32.7 Å². The Balaban J connectivity index is 0.00000320. The molecular weight excluding hydrogens is 476 g/mol. The van der Waals surface area contributed by atoms with Gasteiger partial charge in [0.1, 0.15) is 23.2 Å². The predicted octanol–water partition coefficient (Wildman–Crippen LogP) is 6.00. The summed E-state index contributed by atoms with van der Waals surface area (Å²) >= 11 is 0. The van der Waals surface area contributed by atoms with Gasteiger partial charge in [-0.3, -0.25) is 0 Å².